The van der Waals surface area contributed by atoms with E-state index in [9.17, 15) is 0 Å². The average molecular weight is 220 g/mol. The zero-order chi connectivity index (χ0) is 11.0. The molecule has 0 spiro atoms. The summed E-state index contributed by atoms with van der Waals surface area (Å²) >= 11 is 6.22. The molecular weight excluding hydrogens is 206 g/mol. The van der Waals surface area contributed by atoms with Crippen LogP contribution in [-0.2, 0) is 0 Å². The van der Waals surface area contributed by atoms with Crippen LogP contribution in [0.3, 0.4) is 0 Å². The van der Waals surface area contributed by atoms with Crippen molar-refractivity contribution in [1.29, 1.82) is 0 Å². The van der Waals surface area contributed by atoms with E-state index >= 15 is 0 Å². The first-order chi connectivity index (χ1) is 7.09. The van der Waals surface area contributed by atoms with Crippen LogP contribution in [0.1, 0.15) is 25.3 Å². The smallest absolute Gasteiger partial charge is 0.0487 e. The molecule has 0 saturated carbocycles. The monoisotopic (exact) mass is 219 g/mol. The molecule has 0 aliphatic rings. The van der Waals surface area contributed by atoms with Crippen LogP contribution < -0.4 is 5.73 Å². The molecule has 15 heavy (non-hydrogen) atoms. The standard InChI is InChI=1S/C13H14ClN/c1-8(2)11-7-10(15)6-9-4-3-5-12(14)13(9)11/h3-8H,15H2,1-2H3. The summed E-state index contributed by atoms with van der Waals surface area (Å²) < 4.78 is 0. The van der Waals surface area contributed by atoms with Crippen molar-refractivity contribution < 1.29 is 0 Å². The van der Waals surface area contributed by atoms with Gasteiger partial charge < -0.3 is 5.73 Å². The van der Waals surface area contributed by atoms with Gasteiger partial charge in [-0.25, -0.2) is 0 Å². The number of anilines is 1. The van der Waals surface area contributed by atoms with Gasteiger partial charge in [0.1, 0.15) is 0 Å². The molecule has 0 aliphatic heterocycles. The fraction of sp³-hybridized carbons (Fsp3) is 0.231. The van der Waals surface area contributed by atoms with Gasteiger partial charge in [-0.15, -0.1) is 0 Å². The topological polar surface area (TPSA) is 26.0 Å². The third-order valence-electron chi connectivity index (χ3n) is 2.60. The van der Waals surface area contributed by atoms with Crippen LogP contribution in [0, 0.1) is 0 Å². The Balaban J connectivity index is 2.88. The molecule has 0 unspecified atom stereocenters. The minimum Gasteiger partial charge on any atom is -0.399 e. The highest BCUT2D eigenvalue weighted by Crippen LogP contribution is 2.33. The first kappa shape index (κ1) is 10.3. The third kappa shape index (κ3) is 1.80. The number of fused-ring (bicyclic) bond motifs is 1. The molecule has 0 atom stereocenters. The zero-order valence-electron chi connectivity index (χ0n) is 8.92. The van der Waals surface area contributed by atoms with E-state index in [4.69, 9.17) is 17.3 Å². The van der Waals surface area contributed by atoms with Gasteiger partial charge in [-0.1, -0.05) is 37.6 Å². The summed E-state index contributed by atoms with van der Waals surface area (Å²) in [5, 5.41) is 3.05. The van der Waals surface area contributed by atoms with Gasteiger partial charge in [0.2, 0.25) is 0 Å². The molecule has 2 aromatic rings. The number of halogens is 1. The van der Waals surface area contributed by atoms with Gasteiger partial charge in [-0.2, -0.15) is 0 Å². The molecule has 2 heteroatoms. The summed E-state index contributed by atoms with van der Waals surface area (Å²) in [7, 11) is 0. The van der Waals surface area contributed by atoms with Gasteiger partial charge in [0, 0.05) is 16.1 Å². The Hall–Kier alpha value is -1.21. The Morgan fingerprint density at radius 1 is 1.20 bits per heavy atom. The van der Waals surface area contributed by atoms with Crippen LogP contribution in [0.5, 0.6) is 0 Å². The largest absolute Gasteiger partial charge is 0.399 e. The zero-order valence-corrected chi connectivity index (χ0v) is 9.68. The highest BCUT2D eigenvalue weighted by molar-refractivity contribution is 6.35. The number of nitrogens with two attached hydrogens (primary N) is 1. The SMILES string of the molecule is CC(C)c1cc(N)cc2cccc(Cl)c12. The number of benzene rings is 2. The molecule has 0 radical (unpaired) electrons. The second-order valence-corrected chi connectivity index (χ2v) is 4.51. The van der Waals surface area contributed by atoms with Crippen molar-refractivity contribution in [2.24, 2.45) is 0 Å². The van der Waals surface area contributed by atoms with Gasteiger partial charge >= 0.3 is 0 Å². The van der Waals surface area contributed by atoms with Gasteiger partial charge in [-0.05, 0) is 35.1 Å². The highest BCUT2D eigenvalue weighted by Gasteiger charge is 2.09. The van der Waals surface area contributed by atoms with Crippen molar-refractivity contribution in [3.05, 3.63) is 40.9 Å². The molecular formula is C13H14ClN. The Labute approximate surface area is 94.9 Å². The van der Waals surface area contributed by atoms with Gasteiger partial charge in [0.15, 0.2) is 0 Å². The van der Waals surface area contributed by atoms with Crippen LogP contribution in [0.2, 0.25) is 5.02 Å². The fourth-order valence-corrected chi connectivity index (χ4v) is 2.18. The predicted molar refractivity (Wildman–Crippen MR) is 67.5 cm³/mol. The van der Waals surface area contributed by atoms with E-state index in [0.29, 0.717) is 5.92 Å². The lowest BCUT2D eigenvalue weighted by molar-refractivity contribution is 0.877. The average Bonchev–Trinajstić information content (AvgIpc) is 2.16. The first-order valence-corrected chi connectivity index (χ1v) is 5.45. The van der Waals surface area contributed by atoms with E-state index in [1.807, 2.05) is 30.3 Å². The fourth-order valence-electron chi connectivity index (χ4n) is 1.89. The number of nitrogen functional groups attached to an aromatic ring is 1. The molecule has 78 valence electrons. The Morgan fingerprint density at radius 3 is 2.60 bits per heavy atom. The second-order valence-electron chi connectivity index (χ2n) is 4.10. The number of hydrogen-bond acceptors (Lipinski definition) is 1. The summed E-state index contributed by atoms with van der Waals surface area (Å²) in [6, 6.07) is 9.90. The van der Waals surface area contributed by atoms with E-state index < -0.39 is 0 Å². The molecule has 2 rings (SSSR count). The predicted octanol–water partition coefficient (Wildman–Crippen LogP) is 4.20. The van der Waals surface area contributed by atoms with Crippen LogP contribution in [-0.4, -0.2) is 0 Å². The van der Waals surface area contributed by atoms with Crippen LogP contribution >= 0.6 is 11.6 Å². The van der Waals surface area contributed by atoms with Crippen molar-refractivity contribution >= 4 is 28.1 Å². The van der Waals surface area contributed by atoms with Gasteiger partial charge in [-0.3, -0.25) is 0 Å². The second kappa shape index (κ2) is 3.74. The lowest BCUT2D eigenvalue weighted by Gasteiger charge is -2.12. The maximum atomic E-state index is 6.22. The molecule has 0 aliphatic carbocycles. The van der Waals surface area contributed by atoms with Crippen LogP contribution in [0.25, 0.3) is 10.8 Å². The minimum atomic E-state index is 0.427. The van der Waals surface area contributed by atoms with E-state index in [1.165, 1.54) is 5.56 Å². The van der Waals surface area contributed by atoms with E-state index in [2.05, 4.69) is 13.8 Å². The summed E-state index contributed by atoms with van der Waals surface area (Å²) in [6.07, 6.45) is 0. The molecule has 0 bridgehead atoms. The van der Waals surface area contributed by atoms with E-state index in [1.54, 1.807) is 0 Å². The molecule has 1 nitrogen and oxygen atoms in total. The van der Waals surface area contributed by atoms with Crippen molar-refractivity contribution in [1.82, 2.24) is 0 Å². The normalized spacial score (nSPS) is 11.2. The Kier molecular flexibility index (Phi) is 2.57. The lowest BCUT2D eigenvalue weighted by atomic mass is 9.95. The molecule has 2 N–H and O–H groups in total. The van der Waals surface area contributed by atoms with Gasteiger partial charge in [0.05, 0.1) is 0 Å². The van der Waals surface area contributed by atoms with E-state index in [-0.39, 0.29) is 0 Å². The van der Waals surface area contributed by atoms with E-state index in [0.717, 1.165) is 21.5 Å². The first-order valence-electron chi connectivity index (χ1n) is 5.07. The van der Waals surface area contributed by atoms with Crippen molar-refractivity contribution in [3.63, 3.8) is 0 Å². The molecule has 2 aromatic carbocycles. The highest BCUT2D eigenvalue weighted by atomic mass is 35.5. The molecule has 0 heterocycles. The third-order valence-corrected chi connectivity index (χ3v) is 2.92. The number of rotatable bonds is 1. The molecule has 0 fully saturated rings. The Bertz CT molecular complexity index is 503. The molecule has 0 amide bonds. The summed E-state index contributed by atoms with van der Waals surface area (Å²) in [5.74, 6) is 0.427. The van der Waals surface area contributed by atoms with Gasteiger partial charge in [0.25, 0.3) is 0 Å². The van der Waals surface area contributed by atoms with Crippen LogP contribution in [0.15, 0.2) is 30.3 Å². The quantitative estimate of drug-likeness (QED) is 0.715. The van der Waals surface area contributed by atoms with Crippen molar-refractivity contribution in [2.75, 3.05) is 5.73 Å². The number of hydrogen-bond donors (Lipinski definition) is 1. The lowest BCUT2D eigenvalue weighted by Crippen LogP contribution is -1.94. The summed E-state index contributed by atoms with van der Waals surface area (Å²) in [5.41, 5.74) is 7.89. The van der Waals surface area contributed by atoms with Crippen molar-refractivity contribution in [2.45, 2.75) is 19.8 Å². The Morgan fingerprint density at radius 2 is 1.93 bits per heavy atom. The maximum absolute atomic E-state index is 6.22. The molecule has 0 aromatic heterocycles. The minimum absolute atomic E-state index is 0.427. The van der Waals surface area contributed by atoms with Crippen LogP contribution in [0.4, 0.5) is 5.69 Å². The summed E-state index contributed by atoms with van der Waals surface area (Å²) in [6.45, 7) is 4.30. The maximum Gasteiger partial charge on any atom is 0.0487 e. The molecule has 0 saturated heterocycles. The summed E-state index contributed by atoms with van der Waals surface area (Å²) in [4.78, 5) is 0. The van der Waals surface area contributed by atoms with Crippen molar-refractivity contribution in [3.8, 4) is 0 Å².